The van der Waals surface area contributed by atoms with Crippen molar-refractivity contribution in [3.8, 4) is 5.69 Å². The number of pyridine rings is 1. The summed E-state index contributed by atoms with van der Waals surface area (Å²) in [5.74, 6) is 1.55. The SMILES string of the molecule is CCNC(=NCc1nncn1-c1ccccc1)NCCc1ccccn1.I. The predicted molar refractivity (Wildman–Crippen MR) is 118 cm³/mol. The van der Waals surface area contributed by atoms with Crippen LogP contribution in [0.1, 0.15) is 18.4 Å². The summed E-state index contributed by atoms with van der Waals surface area (Å²) >= 11 is 0. The van der Waals surface area contributed by atoms with Crippen LogP contribution in [-0.2, 0) is 13.0 Å². The lowest BCUT2D eigenvalue weighted by molar-refractivity contribution is 0.776. The second-order valence-electron chi connectivity index (χ2n) is 5.65. The third kappa shape index (κ3) is 6.31. The fourth-order valence-corrected chi connectivity index (χ4v) is 2.52. The van der Waals surface area contributed by atoms with Gasteiger partial charge in [0.05, 0.1) is 0 Å². The molecule has 0 unspecified atom stereocenters. The lowest BCUT2D eigenvalue weighted by atomic mass is 10.3. The monoisotopic (exact) mass is 477 g/mol. The zero-order chi connectivity index (χ0) is 18.0. The number of para-hydroxylation sites is 1. The van der Waals surface area contributed by atoms with Gasteiger partial charge in [0.25, 0.3) is 0 Å². The molecule has 0 aliphatic carbocycles. The molecule has 1 aromatic carbocycles. The van der Waals surface area contributed by atoms with Crippen LogP contribution in [0.25, 0.3) is 5.69 Å². The number of guanidine groups is 1. The van der Waals surface area contributed by atoms with Crippen molar-refractivity contribution in [1.29, 1.82) is 0 Å². The molecule has 0 radical (unpaired) electrons. The Balaban J connectivity index is 0.00000261. The molecule has 0 saturated heterocycles. The van der Waals surface area contributed by atoms with Gasteiger partial charge in [0.15, 0.2) is 11.8 Å². The summed E-state index contributed by atoms with van der Waals surface area (Å²) in [5, 5.41) is 14.8. The molecule has 27 heavy (non-hydrogen) atoms. The molecule has 0 atom stereocenters. The van der Waals surface area contributed by atoms with Crippen LogP contribution in [0.5, 0.6) is 0 Å². The lowest BCUT2D eigenvalue weighted by Crippen LogP contribution is -2.38. The van der Waals surface area contributed by atoms with Gasteiger partial charge >= 0.3 is 0 Å². The first-order chi connectivity index (χ1) is 12.9. The summed E-state index contributed by atoms with van der Waals surface area (Å²) in [4.78, 5) is 8.96. The quantitative estimate of drug-likeness (QED) is 0.311. The third-order valence-corrected chi connectivity index (χ3v) is 3.78. The number of benzene rings is 1. The van der Waals surface area contributed by atoms with Crippen LogP contribution in [0.3, 0.4) is 0 Å². The Morgan fingerprint density at radius 2 is 1.89 bits per heavy atom. The fraction of sp³-hybridized carbons (Fsp3) is 0.263. The number of nitrogens with one attached hydrogen (secondary N) is 2. The average molecular weight is 477 g/mol. The van der Waals surface area contributed by atoms with Crippen LogP contribution in [0.2, 0.25) is 0 Å². The maximum atomic E-state index is 4.62. The van der Waals surface area contributed by atoms with Crippen molar-refractivity contribution in [2.75, 3.05) is 13.1 Å². The lowest BCUT2D eigenvalue weighted by Gasteiger charge is -2.11. The highest BCUT2D eigenvalue weighted by atomic mass is 127. The van der Waals surface area contributed by atoms with Crippen LogP contribution in [0.4, 0.5) is 0 Å². The summed E-state index contributed by atoms with van der Waals surface area (Å²) in [6, 6.07) is 16.0. The molecule has 0 spiro atoms. The van der Waals surface area contributed by atoms with E-state index in [0.717, 1.165) is 42.7 Å². The van der Waals surface area contributed by atoms with Crippen molar-refractivity contribution < 1.29 is 0 Å². The van der Waals surface area contributed by atoms with E-state index in [1.54, 1.807) is 6.33 Å². The second-order valence-corrected chi connectivity index (χ2v) is 5.65. The topological polar surface area (TPSA) is 80.0 Å². The van der Waals surface area contributed by atoms with E-state index >= 15 is 0 Å². The number of aromatic nitrogens is 4. The van der Waals surface area contributed by atoms with Crippen molar-refractivity contribution in [2.45, 2.75) is 19.9 Å². The molecule has 0 aliphatic heterocycles. The number of aliphatic imine (C=N–C) groups is 1. The molecule has 8 heteroatoms. The van der Waals surface area contributed by atoms with E-state index in [1.807, 2.05) is 66.2 Å². The molecule has 3 aromatic rings. The highest BCUT2D eigenvalue weighted by Crippen LogP contribution is 2.09. The van der Waals surface area contributed by atoms with Crippen molar-refractivity contribution in [3.05, 3.63) is 72.6 Å². The number of halogens is 1. The maximum absolute atomic E-state index is 4.62. The Bertz CT molecular complexity index is 818. The van der Waals surface area contributed by atoms with E-state index in [-0.39, 0.29) is 24.0 Å². The first-order valence-corrected chi connectivity index (χ1v) is 8.73. The largest absolute Gasteiger partial charge is 0.357 e. The van der Waals surface area contributed by atoms with Gasteiger partial charge in [-0.2, -0.15) is 0 Å². The van der Waals surface area contributed by atoms with E-state index in [0.29, 0.717) is 6.54 Å². The smallest absolute Gasteiger partial charge is 0.191 e. The van der Waals surface area contributed by atoms with Gasteiger partial charge in [0.2, 0.25) is 0 Å². The summed E-state index contributed by atoms with van der Waals surface area (Å²) in [7, 11) is 0. The van der Waals surface area contributed by atoms with Gasteiger partial charge in [-0.1, -0.05) is 24.3 Å². The summed E-state index contributed by atoms with van der Waals surface area (Å²) < 4.78 is 1.95. The molecule has 2 aromatic heterocycles. The molecule has 0 fully saturated rings. The number of nitrogens with zero attached hydrogens (tertiary/aromatic N) is 5. The fourth-order valence-electron chi connectivity index (χ4n) is 2.52. The molecule has 3 rings (SSSR count). The van der Waals surface area contributed by atoms with Crippen LogP contribution in [-0.4, -0.2) is 38.8 Å². The van der Waals surface area contributed by atoms with E-state index in [9.17, 15) is 0 Å². The first kappa shape index (κ1) is 20.8. The van der Waals surface area contributed by atoms with E-state index in [4.69, 9.17) is 0 Å². The Morgan fingerprint density at radius 1 is 1.07 bits per heavy atom. The van der Waals surface area contributed by atoms with Crippen molar-refractivity contribution in [2.24, 2.45) is 4.99 Å². The summed E-state index contributed by atoms with van der Waals surface area (Å²) in [5.41, 5.74) is 2.08. The van der Waals surface area contributed by atoms with Crippen molar-refractivity contribution >= 4 is 29.9 Å². The normalized spacial score (nSPS) is 10.9. The van der Waals surface area contributed by atoms with Crippen LogP contribution < -0.4 is 10.6 Å². The van der Waals surface area contributed by atoms with Crippen LogP contribution in [0, 0.1) is 0 Å². The number of hydrogen-bond donors (Lipinski definition) is 2. The summed E-state index contributed by atoms with van der Waals surface area (Å²) in [6.45, 7) is 4.03. The Morgan fingerprint density at radius 3 is 2.63 bits per heavy atom. The van der Waals surface area contributed by atoms with E-state index in [2.05, 4.69) is 30.8 Å². The molecule has 0 bridgehead atoms. The van der Waals surface area contributed by atoms with Crippen molar-refractivity contribution in [3.63, 3.8) is 0 Å². The zero-order valence-corrected chi connectivity index (χ0v) is 17.6. The van der Waals surface area contributed by atoms with E-state index < -0.39 is 0 Å². The van der Waals surface area contributed by atoms with Gasteiger partial charge in [-0.05, 0) is 31.2 Å². The molecule has 0 saturated carbocycles. The van der Waals surface area contributed by atoms with Gasteiger partial charge in [-0.3, -0.25) is 9.55 Å². The Kier molecular flexibility index (Phi) is 8.69. The maximum Gasteiger partial charge on any atom is 0.191 e. The molecule has 7 nitrogen and oxygen atoms in total. The molecule has 142 valence electrons. The van der Waals surface area contributed by atoms with Gasteiger partial charge in [-0.15, -0.1) is 34.2 Å². The second kappa shape index (κ2) is 11.3. The highest BCUT2D eigenvalue weighted by molar-refractivity contribution is 14.0. The predicted octanol–water partition coefficient (Wildman–Crippen LogP) is 2.58. The molecule has 0 amide bonds. The van der Waals surface area contributed by atoms with E-state index in [1.165, 1.54) is 0 Å². The Hall–Kier alpha value is -2.49. The van der Waals surface area contributed by atoms with Gasteiger partial charge < -0.3 is 10.6 Å². The average Bonchev–Trinajstić information content (AvgIpc) is 3.16. The van der Waals surface area contributed by atoms with Crippen LogP contribution in [0.15, 0.2) is 66.0 Å². The highest BCUT2D eigenvalue weighted by Gasteiger charge is 2.06. The molecular formula is C19H24IN7. The molecule has 0 aliphatic rings. The summed E-state index contributed by atoms with van der Waals surface area (Å²) in [6.07, 6.45) is 4.36. The standard InChI is InChI=1S/C19H23N7.HI/c1-2-20-19(22-13-11-16-8-6-7-12-21-16)23-14-18-25-24-15-26(18)17-9-4-3-5-10-17;/h3-10,12,15H,2,11,13-14H2,1H3,(H2,20,22,23);1H. The first-order valence-electron chi connectivity index (χ1n) is 8.73. The number of rotatable bonds is 7. The van der Waals surface area contributed by atoms with Gasteiger partial charge in [0.1, 0.15) is 12.9 Å². The molecular weight excluding hydrogens is 453 g/mol. The van der Waals surface area contributed by atoms with Crippen molar-refractivity contribution in [1.82, 2.24) is 30.4 Å². The van der Waals surface area contributed by atoms with Crippen LogP contribution >= 0.6 is 24.0 Å². The minimum absolute atomic E-state index is 0. The minimum atomic E-state index is 0. The minimum Gasteiger partial charge on any atom is -0.357 e. The third-order valence-electron chi connectivity index (χ3n) is 3.78. The van der Waals surface area contributed by atoms with Gasteiger partial charge in [0, 0.05) is 37.1 Å². The number of hydrogen-bond acceptors (Lipinski definition) is 4. The Labute approximate surface area is 176 Å². The zero-order valence-electron chi connectivity index (χ0n) is 15.2. The molecule has 2 heterocycles. The molecule has 2 N–H and O–H groups in total. The van der Waals surface area contributed by atoms with Gasteiger partial charge in [-0.25, -0.2) is 4.99 Å².